The molecular formula is C42H25BN2O. The number of anilines is 2. The summed E-state index contributed by atoms with van der Waals surface area (Å²) >= 11 is 0. The van der Waals surface area contributed by atoms with Crippen LogP contribution in [0.15, 0.2) is 156 Å². The Balaban J connectivity index is 1.39. The molecule has 0 saturated carbocycles. The summed E-state index contributed by atoms with van der Waals surface area (Å²) in [5.74, 6) is 0. The van der Waals surface area contributed by atoms with Crippen molar-refractivity contribution in [3.8, 4) is 27.9 Å². The smallest absolute Gasteiger partial charge is 0.333 e. The molecule has 212 valence electrons. The maximum absolute atomic E-state index is 6.52. The molecule has 0 fully saturated rings. The van der Waals surface area contributed by atoms with Gasteiger partial charge in [-0.3, -0.25) is 0 Å². The summed E-state index contributed by atoms with van der Waals surface area (Å²) in [5, 5.41) is 4.87. The van der Waals surface area contributed by atoms with E-state index in [4.69, 9.17) is 4.42 Å². The van der Waals surface area contributed by atoms with Crippen molar-refractivity contribution in [1.29, 1.82) is 0 Å². The number of para-hydroxylation sites is 4. The summed E-state index contributed by atoms with van der Waals surface area (Å²) in [6, 6.07) is 55.2. The lowest BCUT2D eigenvalue weighted by molar-refractivity contribution is 0.669. The fourth-order valence-corrected chi connectivity index (χ4v) is 8.32. The number of benzene rings is 7. The second kappa shape index (κ2) is 8.80. The first-order valence-corrected chi connectivity index (χ1v) is 15.9. The maximum atomic E-state index is 6.52. The minimum atomic E-state index is -0.0131. The molecule has 0 bridgehead atoms. The van der Waals surface area contributed by atoms with Crippen molar-refractivity contribution in [2.45, 2.75) is 0 Å². The van der Waals surface area contributed by atoms with Crippen molar-refractivity contribution in [3.05, 3.63) is 152 Å². The largest absolute Gasteiger partial charge is 0.456 e. The van der Waals surface area contributed by atoms with E-state index < -0.39 is 0 Å². The van der Waals surface area contributed by atoms with Crippen LogP contribution in [-0.2, 0) is 0 Å². The highest BCUT2D eigenvalue weighted by atomic mass is 16.3. The Kier molecular flexibility index (Phi) is 4.66. The number of fused-ring (bicyclic) bond motifs is 11. The van der Waals surface area contributed by atoms with Crippen LogP contribution in [0.4, 0.5) is 11.4 Å². The summed E-state index contributed by atoms with van der Waals surface area (Å²) in [6.07, 6.45) is 0. The zero-order chi connectivity index (χ0) is 29.9. The molecule has 9 aromatic rings. The van der Waals surface area contributed by atoms with E-state index in [0.717, 1.165) is 21.9 Å². The summed E-state index contributed by atoms with van der Waals surface area (Å²) in [5.41, 5.74) is 15.5. The van der Waals surface area contributed by atoms with Crippen molar-refractivity contribution in [2.75, 3.05) is 4.81 Å². The van der Waals surface area contributed by atoms with Crippen molar-refractivity contribution >= 4 is 72.9 Å². The zero-order valence-corrected chi connectivity index (χ0v) is 24.8. The molecule has 2 aliphatic rings. The molecule has 0 saturated heterocycles. The van der Waals surface area contributed by atoms with E-state index >= 15 is 0 Å². The topological polar surface area (TPSA) is 21.3 Å². The van der Waals surface area contributed by atoms with Gasteiger partial charge in [-0.05, 0) is 76.1 Å². The second-order valence-corrected chi connectivity index (χ2v) is 12.5. The molecule has 2 aromatic heterocycles. The summed E-state index contributed by atoms with van der Waals surface area (Å²) in [6.45, 7) is -0.0131. The molecule has 0 radical (unpaired) electrons. The number of hydrogen-bond donors (Lipinski definition) is 0. The van der Waals surface area contributed by atoms with E-state index in [2.05, 4.69) is 155 Å². The van der Waals surface area contributed by atoms with Crippen molar-refractivity contribution < 1.29 is 4.42 Å². The molecule has 0 atom stereocenters. The van der Waals surface area contributed by atoms with Gasteiger partial charge in [-0.15, -0.1) is 0 Å². The van der Waals surface area contributed by atoms with Gasteiger partial charge in [-0.25, -0.2) is 0 Å². The van der Waals surface area contributed by atoms with Crippen LogP contribution in [0.25, 0.3) is 71.7 Å². The molecule has 7 aromatic carbocycles. The Morgan fingerprint density at radius 2 is 1.22 bits per heavy atom. The van der Waals surface area contributed by atoms with Crippen LogP contribution >= 0.6 is 0 Å². The number of hydrogen-bond acceptors (Lipinski definition) is 2. The van der Waals surface area contributed by atoms with E-state index in [9.17, 15) is 0 Å². The van der Waals surface area contributed by atoms with Crippen LogP contribution in [0.3, 0.4) is 0 Å². The Hall–Kier alpha value is -6.00. The lowest BCUT2D eigenvalue weighted by Gasteiger charge is -2.42. The van der Waals surface area contributed by atoms with Gasteiger partial charge in [0.1, 0.15) is 11.2 Å². The maximum Gasteiger partial charge on any atom is 0.333 e. The Labute approximate surface area is 265 Å². The van der Waals surface area contributed by atoms with E-state index in [1.807, 2.05) is 6.07 Å². The van der Waals surface area contributed by atoms with Crippen LogP contribution < -0.4 is 15.7 Å². The SMILES string of the molecule is c1ccc(-c2cc3c4c5c2c2ccccc2n5-c2ccccc2B4N(c2ccccc2)c2cc4c(cc2-3)oc2ccccc24)cc1. The van der Waals surface area contributed by atoms with E-state index in [0.29, 0.717) is 0 Å². The predicted molar refractivity (Wildman–Crippen MR) is 193 cm³/mol. The van der Waals surface area contributed by atoms with E-state index in [1.165, 1.54) is 72.0 Å². The molecule has 0 N–H and O–H groups in total. The summed E-state index contributed by atoms with van der Waals surface area (Å²) in [7, 11) is 0. The first kappa shape index (κ1) is 24.3. The average molecular weight is 584 g/mol. The Morgan fingerprint density at radius 3 is 2.09 bits per heavy atom. The van der Waals surface area contributed by atoms with Crippen LogP contribution in [0.2, 0.25) is 0 Å². The number of furan rings is 1. The highest BCUT2D eigenvalue weighted by molar-refractivity contribution is 6.93. The molecule has 0 unspecified atom stereocenters. The van der Waals surface area contributed by atoms with Crippen molar-refractivity contribution in [2.24, 2.45) is 0 Å². The second-order valence-electron chi connectivity index (χ2n) is 12.5. The first-order valence-electron chi connectivity index (χ1n) is 15.9. The minimum Gasteiger partial charge on any atom is -0.456 e. The van der Waals surface area contributed by atoms with E-state index in [1.54, 1.807) is 0 Å². The molecule has 46 heavy (non-hydrogen) atoms. The monoisotopic (exact) mass is 584 g/mol. The average Bonchev–Trinajstić information content (AvgIpc) is 3.67. The standard InChI is InChI=1S/C42H25BN2O/c1-3-13-26(14-4-1)30-23-33-31-25-39-32(28-17-8-12-22-38(28)46-39)24-37(31)45(27-15-5-2-6-16-27)43-34-19-9-11-21-36(34)44-35-20-10-7-18-29(35)40(30)42(44)41(33)43/h1-25H. The normalized spacial score (nSPS) is 13.1. The fourth-order valence-electron chi connectivity index (χ4n) is 8.32. The third-order valence-corrected chi connectivity index (χ3v) is 10.1. The van der Waals surface area contributed by atoms with Gasteiger partial charge in [-0.2, -0.15) is 0 Å². The molecule has 11 rings (SSSR count). The van der Waals surface area contributed by atoms with Crippen LogP contribution in [0, 0.1) is 0 Å². The molecule has 4 heterocycles. The molecule has 0 spiro atoms. The van der Waals surface area contributed by atoms with Gasteiger partial charge in [0.2, 0.25) is 0 Å². The molecule has 0 amide bonds. The van der Waals surface area contributed by atoms with Gasteiger partial charge in [-0.1, -0.05) is 103 Å². The molecule has 0 aliphatic carbocycles. The third-order valence-electron chi connectivity index (χ3n) is 10.1. The highest BCUT2D eigenvalue weighted by Gasteiger charge is 2.44. The first-order chi connectivity index (χ1) is 22.8. The van der Waals surface area contributed by atoms with Crippen LogP contribution in [0.1, 0.15) is 0 Å². The fraction of sp³-hybridized carbons (Fsp3) is 0. The quantitative estimate of drug-likeness (QED) is 0.189. The van der Waals surface area contributed by atoms with Crippen LogP contribution in [0.5, 0.6) is 0 Å². The molecule has 3 nitrogen and oxygen atoms in total. The zero-order valence-electron chi connectivity index (χ0n) is 24.8. The van der Waals surface area contributed by atoms with Gasteiger partial charge in [0.25, 0.3) is 0 Å². The minimum absolute atomic E-state index is 0.0131. The van der Waals surface area contributed by atoms with Gasteiger partial charge < -0.3 is 13.8 Å². The van der Waals surface area contributed by atoms with Gasteiger partial charge in [0.05, 0.1) is 11.0 Å². The molecule has 4 heteroatoms. The number of nitrogens with zero attached hydrogens (tertiary/aromatic N) is 2. The lowest BCUT2D eigenvalue weighted by atomic mass is 9.44. The third kappa shape index (κ3) is 3.03. The van der Waals surface area contributed by atoms with Gasteiger partial charge >= 0.3 is 6.85 Å². The predicted octanol–water partition coefficient (Wildman–Crippen LogP) is 9.59. The number of rotatable bonds is 2. The summed E-state index contributed by atoms with van der Waals surface area (Å²) in [4.78, 5) is 2.57. The van der Waals surface area contributed by atoms with E-state index in [-0.39, 0.29) is 6.85 Å². The van der Waals surface area contributed by atoms with Crippen molar-refractivity contribution in [1.82, 2.24) is 4.57 Å². The Morgan fingerprint density at radius 1 is 0.500 bits per heavy atom. The molecule has 2 aliphatic heterocycles. The lowest BCUT2D eigenvalue weighted by Crippen LogP contribution is -2.60. The van der Waals surface area contributed by atoms with Crippen molar-refractivity contribution in [3.63, 3.8) is 0 Å². The molecular weight excluding hydrogens is 559 g/mol. The highest BCUT2D eigenvalue weighted by Crippen LogP contribution is 2.49. The van der Waals surface area contributed by atoms with Gasteiger partial charge in [0.15, 0.2) is 0 Å². The Bertz CT molecular complexity index is 2710. The van der Waals surface area contributed by atoms with Gasteiger partial charge in [0, 0.05) is 44.2 Å². The van der Waals surface area contributed by atoms with Crippen LogP contribution in [-0.4, -0.2) is 11.4 Å². The summed E-state index contributed by atoms with van der Waals surface area (Å²) < 4.78 is 9.05. The number of aromatic nitrogens is 1.